The van der Waals surface area contributed by atoms with Crippen LogP contribution in [0.15, 0.2) is 11.6 Å². The standard InChI is InChI=1S/C10H18ClO/c1-3-12-9-7-5-4-6-8-10(2)11/h1-9H2. The zero-order valence-electron chi connectivity index (χ0n) is 7.65. The van der Waals surface area contributed by atoms with Crippen molar-refractivity contribution in [2.24, 2.45) is 0 Å². The van der Waals surface area contributed by atoms with Gasteiger partial charge in [-0.2, -0.15) is 0 Å². The minimum absolute atomic E-state index is 0.582. The first kappa shape index (κ1) is 12.0. The topological polar surface area (TPSA) is 9.23 Å². The molecule has 0 aliphatic rings. The van der Waals surface area contributed by atoms with Gasteiger partial charge in [-0.1, -0.05) is 31.0 Å². The summed E-state index contributed by atoms with van der Waals surface area (Å²) in [6.07, 6.45) is 5.64. The number of unbranched alkanes of at least 4 members (excludes halogenated alkanes) is 3. The third kappa shape index (κ3) is 9.99. The highest BCUT2D eigenvalue weighted by Gasteiger charge is 1.91. The largest absolute Gasteiger partial charge is 0.381 e. The van der Waals surface area contributed by atoms with Crippen LogP contribution in [-0.4, -0.2) is 13.2 Å². The summed E-state index contributed by atoms with van der Waals surface area (Å²) < 4.78 is 5.11. The van der Waals surface area contributed by atoms with E-state index in [9.17, 15) is 0 Å². The number of ether oxygens (including phenoxy) is 1. The van der Waals surface area contributed by atoms with Gasteiger partial charge in [-0.3, -0.25) is 0 Å². The average molecular weight is 190 g/mol. The van der Waals surface area contributed by atoms with Crippen molar-refractivity contribution >= 4 is 11.6 Å². The van der Waals surface area contributed by atoms with Crippen LogP contribution in [0.3, 0.4) is 0 Å². The van der Waals surface area contributed by atoms with E-state index in [0.29, 0.717) is 6.61 Å². The molecule has 71 valence electrons. The first-order valence-electron chi connectivity index (χ1n) is 4.47. The molecule has 0 aromatic carbocycles. The van der Waals surface area contributed by atoms with Crippen LogP contribution in [0, 0.1) is 6.92 Å². The van der Waals surface area contributed by atoms with E-state index in [1.54, 1.807) is 0 Å². The molecule has 0 unspecified atom stereocenters. The molecule has 0 aliphatic heterocycles. The van der Waals surface area contributed by atoms with Gasteiger partial charge in [0.2, 0.25) is 0 Å². The van der Waals surface area contributed by atoms with E-state index >= 15 is 0 Å². The van der Waals surface area contributed by atoms with E-state index in [1.807, 2.05) is 0 Å². The monoisotopic (exact) mass is 189 g/mol. The fourth-order valence-electron chi connectivity index (χ4n) is 0.977. The lowest BCUT2D eigenvalue weighted by atomic mass is 10.1. The number of allylic oxidation sites excluding steroid dienone is 1. The smallest absolute Gasteiger partial charge is 0.0466 e. The second kappa shape index (κ2) is 9.08. The molecule has 2 heteroatoms. The van der Waals surface area contributed by atoms with Gasteiger partial charge < -0.3 is 4.74 Å². The van der Waals surface area contributed by atoms with Crippen molar-refractivity contribution in [2.45, 2.75) is 32.1 Å². The van der Waals surface area contributed by atoms with Crippen molar-refractivity contribution in [1.29, 1.82) is 0 Å². The third-order valence-electron chi connectivity index (χ3n) is 1.63. The first-order chi connectivity index (χ1) is 5.77. The van der Waals surface area contributed by atoms with Gasteiger partial charge >= 0.3 is 0 Å². The van der Waals surface area contributed by atoms with Crippen LogP contribution in [0.1, 0.15) is 32.1 Å². The quantitative estimate of drug-likeness (QED) is 0.531. The molecule has 12 heavy (non-hydrogen) atoms. The van der Waals surface area contributed by atoms with Gasteiger partial charge in [-0.25, -0.2) is 0 Å². The molecule has 0 aromatic heterocycles. The van der Waals surface area contributed by atoms with Crippen LogP contribution in [0.25, 0.3) is 0 Å². The summed E-state index contributed by atoms with van der Waals surface area (Å²) in [5.41, 5.74) is 0. The molecule has 0 aromatic rings. The maximum atomic E-state index is 5.61. The zero-order valence-corrected chi connectivity index (χ0v) is 8.41. The number of hydrogen-bond donors (Lipinski definition) is 0. The van der Waals surface area contributed by atoms with Gasteiger partial charge in [0.25, 0.3) is 0 Å². The van der Waals surface area contributed by atoms with Gasteiger partial charge in [-0.15, -0.1) is 0 Å². The summed E-state index contributed by atoms with van der Waals surface area (Å²) in [4.78, 5) is 0. The van der Waals surface area contributed by atoms with Gasteiger partial charge in [0, 0.05) is 18.2 Å². The van der Waals surface area contributed by atoms with Crippen LogP contribution in [0.5, 0.6) is 0 Å². The van der Waals surface area contributed by atoms with Crippen molar-refractivity contribution in [3.8, 4) is 0 Å². The highest BCUT2D eigenvalue weighted by atomic mass is 35.5. The highest BCUT2D eigenvalue weighted by Crippen LogP contribution is 2.10. The van der Waals surface area contributed by atoms with Gasteiger partial charge in [0.05, 0.1) is 0 Å². The fraction of sp³-hybridized carbons (Fsp3) is 0.700. The molecular formula is C10H18ClO. The van der Waals surface area contributed by atoms with Crippen molar-refractivity contribution in [3.05, 3.63) is 18.5 Å². The summed E-state index contributed by atoms with van der Waals surface area (Å²) in [5, 5.41) is 0.768. The first-order valence-corrected chi connectivity index (χ1v) is 4.85. The Bertz CT molecular complexity index is 112. The molecule has 0 aliphatic carbocycles. The Labute approximate surface area is 80.8 Å². The molecule has 0 bridgehead atoms. The normalized spacial score (nSPS) is 10.2. The Morgan fingerprint density at radius 1 is 1.17 bits per heavy atom. The Morgan fingerprint density at radius 3 is 2.42 bits per heavy atom. The van der Waals surface area contributed by atoms with Gasteiger partial charge in [-0.05, 0) is 26.2 Å². The van der Waals surface area contributed by atoms with Crippen LogP contribution in [-0.2, 0) is 4.74 Å². The van der Waals surface area contributed by atoms with Crippen molar-refractivity contribution < 1.29 is 4.74 Å². The van der Waals surface area contributed by atoms with Crippen LogP contribution >= 0.6 is 11.6 Å². The molecule has 0 spiro atoms. The molecule has 0 N–H and O–H groups in total. The van der Waals surface area contributed by atoms with E-state index in [1.165, 1.54) is 12.8 Å². The van der Waals surface area contributed by atoms with E-state index in [-0.39, 0.29) is 0 Å². The summed E-state index contributed by atoms with van der Waals surface area (Å²) in [7, 11) is 0. The molecule has 1 radical (unpaired) electrons. The van der Waals surface area contributed by atoms with Crippen molar-refractivity contribution in [2.75, 3.05) is 13.2 Å². The Hall–Kier alpha value is -0.0100. The van der Waals surface area contributed by atoms with E-state index in [4.69, 9.17) is 16.3 Å². The van der Waals surface area contributed by atoms with Crippen molar-refractivity contribution in [1.82, 2.24) is 0 Å². The molecule has 0 rings (SSSR count). The molecule has 0 heterocycles. The maximum absolute atomic E-state index is 5.61. The molecule has 0 saturated carbocycles. The van der Waals surface area contributed by atoms with E-state index in [2.05, 4.69) is 13.5 Å². The van der Waals surface area contributed by atoms with Crippen LogP contribution in [0.4, 0.5) is 0 Å². The second-order valence-corrected chi connectivity index (χ2v) is 3.33. The molecular weight excluding hydrogens is 172 g/mol. The zero-order chi connectivity index (χ0) is 9.23. The molecule has 0 fully saturated rings. The van der Waals surface area contributed by atoms with Crippen LogP contribution < -0.4 is 0 Å². The number of halogens is 1. The average Bonchev–Trinajstić information content (AvgIpc) is 2.02. The molecule has 1 nitrogen and oxygen atoms in total. The summed E-state index contributed by atoms with van der Waals surface area (Å²) in [5.74, 6) is 0. The fourth-order valence-corrected chi connectivity index (χ4v) is 1.11. The summed E-state index contributed by atoms with van der Waals surface area (Å²) in [6, 6.07) is 0. The van der Waals surface area contributed by atoms with Gasteiger partial charge in [0.1, 0.15) is 0 Å². The summed E-state index contributed by atoms with van der Waals surface area (Å²) in [6.45, 7) is 8.65. The second-order valence-electron chi connectivity index (χ2n) is 2.79. The Kier molecular flexibility index (Phi) is 9.07. The minimum Gasteiger partial charge on any atom is -0.381 e. The SMILES string of the molecule is [CH2]COCCCCCCC(=C)Cl. The van der Waals surface area contributed by atoms with E-state index < -0.39 is 0 Å². The maximum Gasteiger partial charge on any atom is 0.0466 e. The molecule has 0 atom stereocenters. The lowest BCUT2D eigenvalue weighted by Crippen LogP contribution is -1.93. The Balaban J connectivity index is 2.86. The molecule has 0 saturated heterocycles. The van der Waals surface area contributed by atoms with Crippen molar-refractivity contribution in [3.63, 3.8) is 0 Å². The van der Waals surface area contributed by atoms with Gasteiger partial charge in [0.15, 0.2) is 0 Å². The lowest BCUT2D eigenvalue weighted by Gasteiger charge is -2.00. The predicted octanol–water partition coefficient (Wildman–Crippen LogP) is 3.54. The lowest BCUT2D eigenvalue weighted by molar-refractivity contribution is 0.156. The van der Waals surface area contributed by atoms with E-state index in [0.717, 1.165) is 30.9 Å². The number of rotatable bonds is 8. The summed E-state index contributed by atoms with van der Waals surface area (Å²) >= 11 is 5.61. The van der Waals surface area contributed by atoms with Crippen LogP contribution in [0.2, 0.25) is 0 Å². The predicted molar refractivity (Wildman–Crippen MR) is 54.3 cm³/mol. The Morgan fingerprint density at radius 2 is 1.83 bits per heavy atom. The third-order valence-corrected chi connectivity index (χ3v) is 1.82. The minimum atomic E-state index is 0.582. The number of hydrogen-bond acceptors (Lipinski definition) is 1. The molecule has 0 amide bonds. The highest BCUT2D eigenvalue weighted by molar-refractivity contribution is 6.29.